The van der Waals surface area contributed by atoms with E-state index in [0.29, 0.717) is 22.9 Å². The molecule has 6 heteroatoms. The summed E-state index contributed by atoms with van der Waals surface area (Å²) in [5.74, 6) is 0.441. The fourth-order valence-electron chi connectivity index (χ4n) is 2.19. The van der Waals surface area contributed by atoms with Crippen LogP contribution in [0.1, 0.15) is 38.3 Å². The molecule has 0 spiro atoms. The molecule has 1 aromatic carbocycles. The van der Waals surface area contributed by atoms with Gasteiger partial charge in [0.05, 0.1) is 4.90 Å². The summed E-state index contributed by atoms with van der Waals surface area (Å²) in [6.45, 7) is 8.12. The van der Waals surface area contributed by atoms with E-state index in [4.69, 9.17) is 5.73 Å². The van der Waals surface area contributed by atoms with Crippen LogP contribution in [0.25, 0.3) is 0 Å². The van der Waals surface area contributed by atoms with Gasteiger partial charge in [-0.1, -0.05) is 29.8 Å². The highest BCUT2D eigenvalue weighted by atomic mass is 79.9. The lowest BCUT2D eigenvalue weighted by Crippen LogP contribution is -2.34. The number of hydrogen-bond donors (Lipinski definition) is 2. The number of nitrogens with one attached hydrogen (secondary N) is 1. The lowest BCUT2D eigenvalue weighted by atomic mass is 10.1. The van der Waals surface area contributed by atoms with Crippen molar-refractivity contribution in [3.8, 4) is 0 Å². The number of rotatable bonds is 6. The molecule has 0 amide bonds. The molecule has 0 aliphatic heterocycles. The second-order valence-electron chi connectivity index (χ2n) is 5.56. The maximum Gasteiger partial charge on any atom is 0.241 e. The average Bonchev–Trinajstić information content (AvgIpc) is 2.30. The zero-order valence-corrected chi connectivity index (χ0v) is 14.8. The number of hydrogen-bond acceptors (Lipinski definition) is 3. The molecule has 0 bridgehead atoms. The largest absolute Gasteiger partial charge is 0.326 e. The van der Waals surface area contributed by atoms with Crippen molar-refractivity contribution in [2.24, 2.45) is 11.7 Å². The van der Waals surface area contributed by atoms with Crippen molar-refractivity contribution in [3.05, 3.63) is 27.7 Å². The van der Waals surface area contributed by atoms with Crippen LogP contribution in [-0.2, 0) is 16.6 Å². The van der Waals surface area contributed by atoms with E-state index in [9.17, 15) is 8.42 Å². The van der Waals surface area contributed by atoms with Gasteiger partial charge in [0.15, 0.2) is 0 Å². The zero-order valence-electron chi connectivity index (χ0n) is 12.4. The minimum atomic E-state index is -3.53. The summed E-state index contributed by atoms with van der Waals surface area (Å²) in [6, 6.07) is 3.40. The van der Waals surface area contributed by atoms with Crippen LogP contribution in [0.5, 0.6) is 0 Å². The standard InChI is InChI=1S/C14H23BrN2O2S/c1-9(2)5-10(3)17-20(18,19)14-7-12(8-16)6-13(15)11(14)4/h6-7,9-10,17H,5,8,16H2,1-4H3. The van der Waals surface area contributed by atoms with E-state index in [1.54, 1.807) is 13.0 Å². The highest BCUT2D eigenvalue weighted by molar-refractivity contribution is 9.10. The lowest BCUT2D eigenvalue weighted by Gasteiger charge is -2.18. The molecule has 0 saturated heterocycles. The molecule has 0 fully saturated rings. The molecular weight excluding hydrogens is 340 g/mol. The molecule has 0 aliphatic rings. The van der Waals surface area contributed by atoms with Gasteiger partial charge in [0, 0.05) is 17.1 Å². The highest BCUT2D eigenvalue weighted by Crippen LogP contribution is 2.26. The van der Waals surface area contributed by atoms with Crippen molar-refractivity contribution in [3.63, 3.8) is 0 Å². The van der Waals surface area contributed by atoms with E-state index >= 15 is 0 Å². The van der Waals surface area contributed by atoms with Crippen LogP contribution in [0.15, 0.2) is 21.5 Å². The van der Waals surface area contributed by atoms with Crippen molar-refractivity contribution >= 4 is 26.0 Å². The van der Waals surface area contributed by atoms with Crippen LogP contribution in [0.4, 0.5) is 0 Å². The van der Waals surface area contributed by atoms with E-state index in [2.05, 4.69) is 34.5 Å². The van der Waals surface area contributed by atoms with Gasteiger partial charge in [-0.15, -0.1) is 0 Å². The van der Waals surface area contributed by atoms with Gasteiger partial charge in [0.1, 0.15) is 0 Å². The van der Waals surface area contributed by atoms with Crippen LogP contribution >= 0.6 is 15.9 Å². The molecule has 3 N–H and O–H groups in total. The summed E-state index contributed by atoms with van der Waals surface area (Å²) < 4.78 is 28.5. The van der Waals surface area contributed by atoms with Crippen molar-refractivity contribution in [2.45, 2.75) is 51.6 Å². The third kappa shape index (κ3) is 4.55. The Hall–Kier alpha value is -0.430. The van der Waals surface area contributed by atoms with Crippen LogP contribution < -0.4 is 10.5 Å². The molecule has 1 unspecified atom stereocenters. The number of nitrogens with two attached hydrogens (primary N) is 1. The Bertz CT molecular complexity index is 571. The van der Waals surface area contributed by atoms with Gasteiger partial charge in [-0.05, 0) is 49.4 Å². The molecule has 0 heterocycles. The first-order chi connectivity index (χ1) is 9.17. The van der Waals surface area contributed by atoms with Crippen LogP contribution in [-0.4, -0.2) is 14.5 Å². The SMILES string of the molecule is Cc1c(Br)cc(CN)cc1S(=O)(=O)NC(C)CC(C)C. The summed E-state index contributed by atoms with van der Waals surface area (Å²) >= 11 is 3.39. The fraction of sp³-hybridized carbons (Fsp3) is 0.571. The normalized spacial score (nSPS) is 13.8. The molecule has 114 valence electrons. The van der Waals surface area contributed by atoms with Gasteiger partial charge >= 0.3 is 0 Å². The first kappa shape index (κ1) is 17.6. The number of halogens is 1. The van der Waals surface area contributed by atoms with Crippen molar-refractivity contribution in [2.75, 3.05) is 0 Å². The van der Waals surface area contributed by atoms with Crippen LogP contribution in [0.3, 0.4) is 0 Å². The molecule has 1 aromatic rings. The highest BCUT2D eigenvalue weighted by Gasteiger charge is 2.21. The summed E-state index contributed by atoms with van der Waals surface area (Å²) in [5, 5.41) is 0. The van der Waals surface area contributed by atoms with E-state index < -0.39 is 10.0 Å². The average molecular weight is 363 g/mol. The monoisotopic (exact) mass is 362 g/mol. The molecule has 0 aromatic heterocycles. The molecule has 0 radical (unpaired) electrons. The van der Waals surface area contributed by atoms with E-state index in [1.807, 2.05) is 13.0 Å². The lowest BCUT2D eigenvalue weighted by molar-refractivity contribution is 0.482. The summed E-state index contributed by atoms with van der Waals surface area (Å²) in [5.41, 5.74) is 7.10. The van der Waals surface area contributed by atoms with E-state index in [0.717, 1.165) is 16.5 Å². The number of benzene rings is 1. The minimum absolute atomic E-state index is 0.0975. The first-order valence-electron chi connectivity index (χ1n) is 6.68. The summed E-state index contributed by atoms with van der Waals surface area (Å²) in [4.78, 5) is 0.294. The predicted octanol–water partition coefficient (Wildman–Crippen LogP) is 2.93. The Kier molecular flexibility index (Phi) is 6.19. The third-order valence-electron chi connectivity index (χ3n) is 3.06. The summed E-state index contributed by atoms with van der Waals surface area (Å²) in [6.07, 6.45) is 0.802. The molecule has 1 atom stereocenters. The fourth-order valence-corrected chi connectivity index (χ4v) is 4.40. The van der Waals surface area contributed by atoms with Gasteiger partial charge in [-0.25, -0.2) is 13.1 Å². The number of sulfonamides is 1. The first-order valence-corrected chi connectivity index (χ1v) is 8.96. The Balaban J connectivity index is 3.12. The van der Waals surface area contributed by atoms with Gasteiger partial charge in [0.25, 0.3) is 0 Å². The van der Waals surface area contributed by atoms with E-state index in [-0.39, 0.29) is 6.04 Å². The van der Waals surface area contributed by atoms with Crippen molar-refractivity contribution in [1.82, 2.24) is 4.72 Å². The Morgan fingerprint density at radius 1 is 1.30 bits per heavy atom. The topological polar surface area (TPSA) is 72.2 Å². The van der Waals surface area contributed by atoms with Gasteiger partial charge in [0.2, 0.25) is 10.0 Å². The minimum Gasteiger partial charge on any atom is -0.326 e. The predicted molar refractivity (Wildman–Crippen MR) is 86.0 cm³/mol. The molecular formula is C14H23BrN2O2S. The Morgan fingerprint density at radius 3 is 2.40 bits per heavy atom. The van der Waals surface area contributed by atoms with E-state index in [1.165, 1.54) is 0 Å². The van der Waals surface area contributed by atoms with Gasteiger partial charge in [-0.2, -0.15) is 0 Å². The molecule has 4 nitrogen and oxygen atoms in total. The summed E-state index contributed by atoms with van der Waals surface area (Å²) in [7, 11) is -3.53. The molecule has 0 aliphatic carbocycles. The maximum atomic E-state index is 12.5. The van der Waals surface area contributed by atoms with Crippen LogP contribution in [0, 0.1) is 12.8 Å². The van der Waals surface area contributed by atoms with Crippen molar-refractivity contribution in [1.29, 1.82) is 0 Å². The van der Waals surface area contributed by atoms with Gasteiger partial charge < -0.3 is 5.73 Å². The maximum absolute atomic E-state index is 12.5. The smallest absolute Gasteiger partial charge is 0.241 e. The van der Waals surface area contributed by atoms with Crippen molar-refractivity contribution < 1.29 is 8.42 Å². The second-order valence-corrected chi connectivity index (χ2v) is 8.09. The van der Waals surface area contributed by atoms with Crippen LogP contribution in [0.2, 0.25) is 0 Å². The second kappa shape index (κ2) is 7.02. The Morgan fingerprint density at radius 2 is 1.90 bits per heavy atom. The quantitative estimate of drug-likeness (QED) is 0.816. The molecule has 1 rings (SSSR count). The third-order valence-corrected chi connectivity index (χ3v) is 5.60. The molecule has 20 heavy (non-hydrogen) atoms. The van der Waals surface area contributed by atoms with Gasteiger partial charge in [-0.3, -0.25) is 0 Å². The molecule has 0 saturated carbocycles. The Labute approximate surface area is 130 Å². The zero-order chi connectivity index (χ0) is 15.5.